The van der Waals surface area contributed by atoms with Gasteiger partial charge in [0, 0.05) is 12.5 Å². The van der Waals surface area contributed by atoms with Gasteiger partial charge in [0.15, 0.2) is 0 Å². The molecule has 0 radical (unpaired) electrons. The lowest BCUT2D eigenvalue weighted by Gasteiger charge is -2.37. The first kappa shape index (κ1) is 28.4. The molecule has 11 heteroatoms. The van der Waals surface area contributed by atoms with Crippen molar-refractivity contribution in [1.82, 2.24) is 10.6 Å². The van der Waals surface area contributed by atoms with Gasteiger partial charge in [0.05, 0.1) is 11.6 Å². The lowest BCUT2D eigenvalue weighted by Crippen LogP contribution is -2.56. The molecule has 0 heterocycles. The molecule has 5 nitrogen and oxygen atoms in total. The highest BCUT2D eigenvalue weighted by Crippen LogP contribution is 2.38. The minimum atomic E-state index is -4.93. The molecular formula is C27H23F6N3O2. The van der Waals surface area contributed by atoms with Gasteiger partial charge in [-0.15, -0.1) is 0 Å². The maximum Gasteiger partial charge on any atom is 0.461 e. The van der Waals surface area contributed by atoms with E-state index in [4.69, 9.17) is 0 Å². The van der Waals surface area contributed by atoms with Gasteiger partial charge in [0.2, 0.25) is 0 Å². The van der Waals surface area contributed by atoms with Crippen molar-refractivity contribution in [3.05, 3.63) is 101 Å². The summed E-state index contributed by atoms with van der Waals surface area (Å²) in [5.41, 5.74) is -2.50. The molecule has 1 atom stereocenters. The highest BCUT2D eigenvalue weighted by atomic mass is 19.3. The van der Waals surface area contributed by atoms with Crippen LogP contribution in [0.25, 0.3) is 0 Å². The van der Waals surface area contributed by atoms with Crippen LogP contribution in [0.1, 0.15) is 30.5 Å². The lowest BCUT2D eigenvalue weighted by molar-refractivity contribution is -0.253. The molecular weight excluding hydrogens is 512 g/mol. The maximum atomic E-state index is 14.8. The number of nitrogens with one attached hydrogen (secondary N) is 2. The van der Waals surface area contributed by atoms with Crippen LogP contribution >= 0.6 is 0 Å². The number of amides is 2. The number of alkyl halides is 4. The van der Waals surface area contributed by atoms with Crippen molar-refractivity contribution in [1.29, 1.82) is 5.26 Å². The molecule has 38 heavy (non-hydrogen) atoms. The molecule has 3 rings (SSSR count). The summed E-state index contributed by atoms with van der Waals surface area (Å²) in [6, 6.07) is 16.5. The lowest BCUT2D eigenvalue weighted by atomic mass is 9.77. The van der Waals surface area contributed by atoms with E-state index in [2.05, 4.69) is 15.4 Å². The van der Waals surface area contributed by atoms with E-state index in [0.29, 0.717) is 11.6 Å². The molecule has 0 spiro atoms. The zero-order valence-electron chi connectivity index (χ0n) is 20.2. The minimum absolute atomic E-state index is 0.117. The van der Waals surface area contributed by atoms with E-state index < -0.39 is 47.0 Å². The number of carbonyl (C=O) groups excluding carboxylic acids is 1. The Kier molecular flexibility index (Phi) is 8.25. The number of nitriles is 1. The molecule has 0 aliphatic carbocycles. The second kappa shape index (κ2) is 11.0. The third kappa shape index (κ3) is 6.76. The molecule has 0 aliphatic heterocycles. The highest BCUT2D eigenvalue weighted by molar-refractivity contribution is 5.77. The van der Waals surface area contributed by atoms with Crippen LogP contribution in [0.2, 0.25) is 0 Å². The molecule has 0 aliphatic rings. The third-order valence-electron chi connectivity index (χ3n) is 5.55. The van der Waals surface area contributed by atoms with Crippen molar-refractivity contribution in [2.45, 2.75) is 43.9 Å². The largest absolute Gasteiger partial charge is 0.461 e. The minimum Gasteiger partial charge on any atom is -0.428 e. The first-order valence-electron chi connectivity index (χ1n) is 11.2. The van der Waals surface area contributed by atoms with Crippen LogP contribution in [0, 0.1) is 23.0 Å². The van der Waals surface area contributed by atoms with E-state index in [1.807, 2.05) is 6.07 Å². The average Bonchev–Trinajstić information content (AvgIpc) is 2.83. The molecule has 3 aromatic rings. The van der Waals surface area contributed by atoms with E-state index in [0.717, 1.165) is 24.3 Å². The second-order valence-corrected chi connectivity index (χ2v) is 9.03. The van der Waals surface area contributed by atoms with Gasteiger partial charge in [0.25, 0.3) is 0 Å². The Bertz CT molecular complexity index is 1310. The van der Waals surface area contributed by atoms with Crippen LogP contribution in [-0.4, -0.2) is 24.1 Å². The van der Waals surface area contributed by atoms with E-state index >= 15 is 0 Å². The van der Waals surface area contributed by atoms with Crippen molar-refractivity contribution in [3.63, 3.8) is 0 Å². The van der Waals surface area contributed by atoms with E-state index in [9.17, 15) is 36.4 Å². The standard InChI is InChI=1S/C27H23F6N3O2/c1-25(2,16-34)35-24(37)36-26(15-17-6-4-3-5-7-17,18-8-10-20(28)11-9-18)19-12-21(29)14-22(13-19)38-27(32,33)23(30)31/h3-14,23H,15H2,1-2H3,(H2,35,36,37)/t26-/m1/s1. The summed E-state index contributed by atoms with van der Waals surface area (Å²) in [5.74, 6) is -2.68. The fourth-order valence-corrected chi connectivity index (χ4v) is 3.80. The van der Waals surface area contributed by atoms with Crippen LogP contribution in [0.5, 0.6) is 5.75 Å². The Labute approximate surface area is 215 Å². The maximum absolute atomic E-state index is 14.8. The topological polar surface area (TPSA) is 74.2 Å². The summed E-state index contributed by atoms with van der Waals surface area (Å²) >= 11 is 0. The van der Waals surface area contributed by atoms with Crippen LogP contribution in [0.15, 0.2) is 72.8 Å². The smallest absolute Gasteiger partial charge is 0.428 e. The number of benzene rings is 3. The second-order valence-electron chi connectivity index (χ2n) is 9.03. The number of ether oxygens (including phenoxy) is 1. The first-order valence-corrected chi connectivity index (χ1v) is 11.2. The zero-order chi connectivity index (χ0) is 28.1. The third-order valence-corrected chi connectivity index (χ3v) is 5.55. The Hall–Kier alpha value is -4.20. The van der Waals surface area contributed by atoms with Crippen molar-refractivity contribution < 1.29 is 35.9 Å². The number of hydrogen-bond donors (Lipinski definition) is 2. The van der Waals surface area contributed by atoms with Gasteiger partial charge in [-0.25, -0.2) is 13.6 Å². The summed E-state index contributed by atoms with van der Waals surface area (Å²) < 4.78 is 85.7. The van der Waals surface area contributed by atoms with Crippen LogP contribution in [-0.2, 0) is 12.0 Å². The summed E-state index contributed by atoms with van der Waals surface area (Å²) in [6.45, 7) is 2.84. The molecule has 2 N–H and O–H groups in total. The number of halogens is 6. The Morgan fingerprint density at radius 2 is 1.55 bits per heavy atom. The number of hydrogen-bond acceptors (Lipinski definition) is 3. The predicted octanol–water partition coefficient (Wildman–Crippen LogP) is 6.29. The van der Waals surface area contributed by atoms with Crippen molar-refractivity contribution in [2.24, 2.45) is 0 Å². The predicted molar refractivity (Wildman–Crippen MR) is 127 cm³/mol. The summed E-state index contributed by atoms with van der Waals surface area (Å²) in [6.07, 6.45) is -9.24. The molecule has 0 bridgehead atoms. The molecule has 3 aromatic carbocycles. The van der Waals surface area contributed by atoms with Crippen molar-refractivity contribution in [3.8, 4) is 11.8 Å². The average molecular weight is 535 g/mol. The summed E-state index contributed by atoms with van der Waals surface area (Å²) in [4.78, 5) is 13.1. The van der Waals surface area contributed by atoms with E-state index in [1.165, 1.54) is 26.0 Å². The van der Waals surface area contributed by atoms with Crippen molar-refractivity contribution >= 4 is 6.03 Å². The highest BCUT2D eigenvalue weighted by Gasteiger charge is 2.45. The number of nitrogens with zero attached hydrogens (tertiary/aromatic N) is 1. The van der Waals surface area contributed by atoms with Gasteiger partial charge in [-0.2, -0.15) is 22.8 Å². The molecule has 2 amide bonds. The Morgan fingerprint density at radius 1 is 0.921 bits per heavy atom. The fraction of sp³-hybridized carbons (Fsp3) is 0.259. The van der Waals surface area contributed by atoms with E-state index in [-0.39, 0.29) is 17.5 Å². The van der Waals surface area contributed by atoms with Crippen LogP contribution in [0.4, 0.5) is 31.1 Å². The molecule has 0 saturated heterocycles. The normalized spacial score (nSPS) is 13.4. The first-order chi connectivity index (χ1) is 17.8. The zero-order valence-corrected chi connectivity index (χ0v) is 20.2. The van der Waals surface area contributed by atoms with Gasteiger partial charge in [0.1, 0.15) is 22.9 Å². The van der Waals surface area contributed by atoms with Crippen LogP contribution in [0.3, 0.4) is 0 Å². The quantitative estimate of drug-likeness (QED) is 0.317. The Morgan fingerprint density at radius 3 is 2.13 bits per heavy atom. The van der Waals surface area contributed by atoms with Gasteiger partial charge in [-0.05, 0) is 54.8 Å². The number of urea groups is 1. The van der Waals surface area contributed by atoms with Crippen LogP contribution < -0.4 is 15.4 Å². The Balaban J connectivity index is 2.26. The van der Waals surface area contributed by atoms with Crippen molar-refractivity contribution in [2.75, 3.05) is 0 Å². The number of carbonyl (C=O) groups is 1. The molecule has 0 unspecified atom stereocenters. The van der Waals surface area contributed by atoms with Gasteiger partial charge in [-0.3, -0.25) is 0 Å². The SMILES string of the molecule is CC(C)(C#N)NC(=O)N[C@](Cc1ccccc1)(c1ccc(F)cc1)c1cc(F)cc(OC(F)(F)C(F)F)c1. The summed E-state index contributed by atoms with van der Waals surface area (Å²) in [5, 5.41) is 14.5. The van der Waals surface area contributed by atoms with Gasteiger partial charge >= 0.3 is 18.6 Å². The summed E-state index contributed by atoms with van der Waals surface area (Å²) in [7, 11) is 0. The fourth-order valence-electron chi connectivity index (χ4n) is 3.80. The van der Waals surface area contributed by atoms with Gasteiger partial charge in [-0.1, -0.05) is 42.5 Å². The van der Waals surface area contributed by atoms with E-state index in [1.54, 1.807) is 30.3 Å². The number of rotatable bonds is 9. The van der Waals surface area contributed by atoms with Gasteiger partial charge < -0.3 is 15.4 Å². The monoisotopic (exact) mass is 535 g/mol. The molecule has 0 aromatic heterocycles. The molecule has 0 saturated carbocycles. The molecule has 200 valence electrons. The molecule has 0 fully saturated rings.